The Balaban J connectivity index is 2.48. The molecule has 0 saturated heterocycles. The van der Waals surface area contributed by atoms with Gasteiger partial charge in [0.1, 0.15) is 5.69 Å². The first-order chi connectivity index (χ1) is 8.22. The minimum atomic E-state index is -0.358. The number of nitrogens with zero attached hydrogens (tertiary/aromatic N) is 3. The molecule has 88 valence electrons. The van der Waals surface area contributed by atoms with E-state index in [0.717, 1.165) is 5.56 Å². The molecule has 0 radical (unpaired) electrons. The van der Waals surface area contributed by atoms with Crippen LogP contribution in [0.5, 0.6) is 0 Å². The molecule has 2 rings (SSSR count). The Hall–Kier alpha value is -2.17. The van der Waals surface area contributed by atoms with Gasteiger partial charge in [-0.2, -0.15) is 15.0 Å². The van der Waals surface area contributed by atoms with Crippen LogP contribution in [0.1, 0.15) is 22.8 Å². The quantitative estimate of drug-likeness (QED) is 0.755. The number of hydrogen-bond donors (Lipinski definition) is 0. The first-order valence-electron chi connectivity index (χ1n) is 5.37. The zero-order chi connectivity index (χ0) is 12.3. The molecule has 17 heavy (non-hydrogen) atoms. The van der Waals surface area contributed by atoms with Gasteiger partial charge in [0, 0.05) is 0 Å². The number of carbonyl (C=O) groups is 1. The third-order valence-corrected chi connectivity index (χ3v) is 2.28. The Morgan fingerprint density at radius 1 is 1.35 bits per heavy atom. The fraction of sp³-hybridized carbons (Fsp3) is 0.250. The number of esters is 1. The van der Waals surface area contributed by atoms with E-state index in [9.17, 15) is 4.79 Å². The molecule has 1 heterocycles. The summed E-state index contributed by atoms with van der Waals surface area (Å²) >= 11 is 0. The summed E-state index contributed by atoms with van der Waals surface area (Å²) < 4.78 is 5.01. The van der Waals surface area contributed by atoms with Crippen LogP contribution in [0, 0.1) is 6.92 Å². The second-order valence-corrected chi connectivity index (χ2v) is 3.56. The van der Waals surface area contributed by atoms with Gasteiger partial charge in [-0.05, 0) is 26.0 Å². The molecule has 0 unspecified atom stereocenters. The lowest BCUT2D eigenvalue weighted by molar-refractivity contribution is 0.0526. The summed E-state index contributed by atoms with van der Waals surface area (Å²) in [7, 11) is 0. The molecule has 1 aromatic carbocycles. The fourth-order valence-corrected chi connectivity index (χ4v) is 1.54. The molecule has 0 atom stereocenters. The second-order valence-electron chi connectivity index (χ2n) is 3.56. The molecular formula is C12H13N3O2. The lowest BCUT2D eigenvalue weighted by atomic mass is 10.1. The van der Waals surface area contributed by atoms with Crippen LogP contribution >= 0.6 is 0 Å². The molecule has 0 aliphatic carbocycles. The highest BCUT2D eigenvalue weighted by Crippen LogP contribution is 2.16. The van der Waals surface area contributed by atoms with E-state index in [0.29, 0.717) is 17.9 Å². The van der Waals surface area contributed by atoms with Crippen LogP contribution in [0.2, 0.25) is 0 Å². The lowest BCUT2D eigenvalue weighted by Gasteiger charge is -2.08. The molecule has 0 spiro atoms. The van der Waals surface area contributed by atoms with Crippen molar-refractivity contribution in [3.8, 4) is 5.69 Å². The maximum atomic E-state index is 11.8. The highest BCUT2D eigenvalue weighted by atomic mass is 16.5. The number of aryl methyl sites for hydroxylation is 1. The molecule has 0 fully saturated rings. The summed E-state index contributed by atoms with van der Waals surface area (Å²) in [5.74, 6) is -0.358. The predicted molar refractivity (Wildman–Crippen MR) is 62.1 cm³/mol. The minimum absolute atomic E-state index is 0.346. The van der Waals surface area contributed by atoms with Gasteiger partial charge in [0.05, 0.1) is 24.6 Å². The van der Waals surface area contributed by atoms with Gasteiger partial charge in [0.15, 0.2) is 0 Å². The van der Waals surface area contributed by atoms with E-state index in [1.165, 1.54) is 4.80 Å². The van der Waals surface area contributed by atoms with Crippen molar-refractivity contribution in [3.05, 3.63) is 41.7 Å². The van der Waals surface area contributed by atoms with Gasteiger partial charge < -0.3 is 4.74 Å². The van der Waals surface area contributed by atoms with Gasteiger partial charge in [-0.1, -0.05) is 11.6 Å². The SMILES string of the molecule is CCOC(=O)c1cc(C)ccc1-n1nccn1. The van der Waals surface area contributed by atoms with E-state index in [4.69, 9.17) is 4.74 Å². The number of carbonyl (C=O) groups excluding carboxylic acids is 1. The van der Waals surface area contributed by atoms with Gasteiger partial charge in [-0.25, -0.2) is 4.79 Å². The Morgan fingerprint density at radius 3 is 2.71 bits per heavy atom. The normalized spacial score (nSPS) is 10.2. The summed E-state index contributed by atoms with van der Waals surface area (Å²) in [6, 6.07) is 5.49. The van der Waals surface area contributed by atoms with E-state index in [1.807, 2.05) is 19.1 Å². The van der Waals surface area contributed by atoms with E-state index in [-0.39, 0.29) is 5.97 Å². The molecule has 1 aromatic heterocycles. The van der Waals surface area contributed by atoms with E-state index in [1.54, 1.807) is 25.4 Å². The first kappa shape index (κ1) is 11.3. The Morgan fingerprint density at radius 2 is 2.06 bits per heavy atom. The Kier molecular flexibility index (Phi) is 3.18. The first-order valence-corrected chi connectivity index (χ1v) is 5.37. The molecule has 0 aliphatic rings. The highest BCUT2D eigenvalue weighted by Gasteiger charge is 2.14. The Labute approximate surface area is 99.0 Å². The molecule has 0 N–H and O–H groups in total. The monoisotopic (exact) mass is 231 g/mol. The highest BCUT2D eigenvalue weighted by molar-refractivity contribution is 5.93. The molecule has 0 saturated carbocycles. The topological polar surface area (TPSA) is 57.0 Å². The molecule has 2 aromatic rings. The number of aromatic nitrogens is 3. The van der Waals surface area contributed by atoms with Crippen molar-refractivity contribution >= 4 is 5.97 Å². The van der Waals surface area contributed by atoms with Crippen LogP contribution in [-0.2, 0) is 4.74 Å². The summed E-state index contributed by atoms with van der Waals surface area (Å²) in [5, 5.41) is 8.03. The molecule has 5 heteroatoms. The third-order valence-electron chi connectivity index (χ3n) is 2.28. The average molecular weight is 231 g/mol. The lowest BCUT2D eigenvalue weighted by Crippen LogP contribution is -2.11. The van der Waals surface area contributed by atoms with Crippen molar-refractivity contribution < 1.29 is 9.53 Å². The zero-order valence-corrected chi connectivity index (χ0v) is 9.75. The molecular weight excluding hydrogens is 218 g/mol. The average Bonchev–Trinajstić information content (AvgIpc) is 2.82. The standard InChI is InChI=1S/C12H13N3O2/c1-3-17-12(16)10-8-9(2)4-5-11(10)15-13-6-7-14-15/h4-8H,3H2,1-2H3. The van der Waals surface area contributed by atoms with Gasteiger partial charge in [-0.3, -0.25) is 0 Å². The van der Waals surface area contributed by atoms with E-state index < -0.39 is 0 Å². The number of ether oxygens (including phenoxy) is 1. The van der Waals surface area contributed by atoms with Crippen molar-refractivity contribution in [2.75, 3.05) is 6.61 Å². The van der Waals surface area contributed by atoms with Crippen molar-refractivity contribution in [1.82, 2.24) is 15.0 Å². The Bertz CT molecular complexity index is 521. The predicted octanol–water partition coefficient (Wildman–Crippen LogP) is 1.75. The van der Waals surface area contributed by atoms with Crippen LogP contribution < -0.4 is 0 Å². The van der Waals surface area contributed by atoms with Crippen molar-refractivity contribution in [2.24, 2.45) is 0 Å². The third kappa shape index (κ3) is 2.33. The van der Waals surface area contributed by atoms with Gasteiger partial charge in [0.2, 0.25) is 0 Å². The number of hydrogen-bond acceptors (Lipinski definition) is 4. The maximum Gasteiger partial charge on any atom is 0.340 e. The van der Waals surface area contributed by atoms with Crippen molar-refractivity contribution in [3.63, 3.8) is 0 Å². The fourth-order valence-electron chi connectivity index (χ4n) is 1.54. The molecule has 0 amide bonds. The minimum Gasteiger partial charge on any atom is -0.462 e. The molecule has 5 nitrogen and oxygen atoms in total. The van der Waals surface area contributed by atoms with Crippen LogP contribution in [0.25, 0.3) is 5.69 Å². The second kappa shape index (κ2) is 4.78. The van der Waals surface area contributed by atoms with Crippen LogP contribution in [-0.4, -0.2) is 27.6 Å². The van der Waals surface area contributed by atoms with Crippen molar-refractivity contribution in [2.45, 2.75) is 13.8 Å². The summed E-state index contributed by atoms with van der Waals surface area (Å²) in [6.07, 6.45) is 3.13. The van der Waals surface area contributed by atoms with Crippen LogP contribution in [0.3, 0.4) is 0 Å². The van der Waals surface area contributed by atoms with Crippen LogP contribution in [0.15, 0.2) is 30.6 Å². The molecule has 0 aliphatic heterocycles. The number of rotatable bonds is 3. The summed E-state index contributed by atoms with van der Waals surface area (Å²) in [6.45, 7) is 4.04. The van der Waals surface area contributed by atoms with Gasteiger partial charge in [-0.15, -0.1) is 0 Å². The maximum absolute atomic E-state index is 11.8. The largest absolute Gasteiger partial charge is 0.462 e. The number of benzene rings is 1. The summed E-state index contributed by atoms with van der Waals surface area (Å²) in [5.41, 5.74) is 2.09. The van der Waals surface area contributed by atoms with Gasteiger partial charge in [0.25, 0.3) is 0 Å². The van der Waals surface area contributed by atoms with E-state index in [2.05, 4.69) is 10.2 Å². The van der Waals surface area contributed by atoms with Gasteiger partial charge >= 0.3 is 5.97 Å². The van der Waals surface area contributed by atoms with Crippen molar-refractivity contribution in [1.29, 1.82) is 0 Å². The smallest absolute Gasteiger partial charge is 0.340 e. The molecule has 0 bridgehead atoms. The van der Waals surface area contributed by atoms with Crippen LogP contribution in [0.4, 0.5) is 0 Å². The zero-order valence-electron chi connectivity index (χ0n) is 9.75. The summed E-state index contributed by atoms with van der Waals surface area (Å²) in [4.78, 5) is 13.2. The van der Waals surface area contributed by atoms with E-state index >= 15 is 0 Å².